The molecular weight excluding hydrogens is 278 g/mol. The maximum atomic E-state index is 9.28. The third kappa shape index (κ3) is 2.97. The third-order valence-electron chi connectivity index (χ3n) is 3.51. The SMILES string of the molecule is NC1(Cl)C=CC(c2cc[nH]c2)(N(CCO)CCO)C=C1. The van der Waals surface area contributed by atoms with Crippen molar-refractivity contribution in [1.82, 2.24) is 9.88 Å². The van der Waals surface area contributed by atoms with E-state index in [4.69, 9.17) is 17.3 Å². The first-order valence-electron chi connectivity index (χ1n) is 6.53. The second kappa shape index (κ2) is 6.11. The van der Waals surface area contributed by atoms with Gasteiger partial charge in [0.2, 0.25) is 0 Å². The van der Waals surface area contributed by atoms with Gasteiger partial charge in [0, 0.05) is 25.5 Å². The Morgan fingerprint density at radius 2 is 1.75 bits per heavy atom. The van der Waals surface area contributed by atoms with Gasteiger partial charge >= 0.3 is 0 Å². The van der Waals surface area contributed by atoms with E-state index >= 15 is 0 Å². The summed E-state index contributed by atoms with van der Waals surface area (Å²) in [6.07, 6.45) is 11.0. The van der Waals surface area contributed by atoms with Crippen LogP contribution in [0.1, 0.15) is 5.56 Å². The number of aromatic amines is 1. The maximum Gasteiger partial charge on any atom is 0.128 e. The van der Waals surface area contributed by atoms with E-state index in [1.807, 2.05) is 35.5 Å². The molecule has 0 spiro atoms. The zero-order valence-electron chi connectivity index (χ0n) is 11.2. The van der Waals surface area contributed by atoms with Crippen LogP contribution in [0.5, 0.6) is 0 Å². The fourth-order valence-corrected chi connectivity index (χ4v) is 2.63. The van der Waals surface area contributed by atoms with Gasteiger partial charge < -0.3 is 20.9 Å². The number of rotatable bonds is 6. The smallest absolute Gasteiger partial charge is 0.128 e. The summed E-state index contributed by atoms with van der Waals surface area (Å²) in [4.78, 5) is 4.01. The van der Waals surface area contributed by atoms with Gasteiger partial charge in [-0.15, -0.1) is 0 Å². The largest absolute Gasteiger partial charge is 0.395 e. The zero-order chi connectivity index (χ0) is 14.6. The van der Waals surface area contributed by atoms with Crippen molar-refractivity contribution < 1.29 is 10.2 Å². The van der Waals surface area contributed by atoms with E-state index in [-0.39, 0.29) is 13.2 Å². The Kier molecular flexibility index (Phi) is 4.67. The van der Waals surface area contributed by atoms with Crippen molar-refractivity contribution in [2.45, 2.75) is 10.5 Å². The Labute approximate surface area is 123 Å². The highest BCUT2D eigenvalue weighted by atomic mass is 35.5. The van der Waals surface area contributed by atoms with E-state index < -0.39 is 10.5 Å². The standard InChI is InChI=1S/C14H20ClN3O2/c15-14(16)4-2-13(3-5-14,12-1-6-17-11-12)18(7-9-19)8-10-20/h1-6,11,17,19-20H,7-10,16H2. The number of nitrogens with two attached hydrogens (primary N) is 1. The average Bonchev–Trinajstić information content (AvgIpc) is 2.94. The van der Waals surface area contributed by atoms with Crippen LogP contribution >= 0.6 is 11.6 Å². The fraction of sp³-hybridized carbons (Fsp3) is 0.429. The Morgan fingerprint density at radius 1 is 1.15 bits per heavy atom. The lowest BCUT2D eigenvalue weighted by Gasteiger charge is -2.42. The Hall–Kier alpha value is -1.11. The van der Waals surface area contributed by atoms with Crippen molar-refractivity contribution >= 4 is 11.6 Å². The van der Waals surface area contributed by atoms with Gasteiger partial charge in [-0.1, -0.05) is 23.8 Å². The number of hydrogen-bond donors (Lipinski definition) is 4. The van der Waals surface area contributed by atoms with Crippen LogP contribution < -0.4 is 5.73 Å². The van der Waals surface area contributed by atoms with Gasteiger partial charge in [-0.3, -0.25) is 4.90 Å². The van der Waals surface area contributed by atoms with E-state index in [9.17, 15) is 10.2 Å². The molecule has 0 atom stereocenters. The van der Waals surface area contributed by atoms with Crippen LogP contribution in [0.15, 0.2) is 42.8 Å². The monoisotopic (exact) mass is 297 g/mol. The van der Waals surface area contributed by atoms with Crippen molar-refractivity contribution in [2.75, 3.05) is 26.3 Å². The second-order valence-corrected chi connectivity index (χ2v) is 5.51. The Balaban J connectivity index is 2.43. The molecule has 0 aromatic carbocycles. The van der Waals surface area contributed by atoms with E-state index in [2.05, 4.69) is 4.98 Å². The number of hydrogen-bond acceptors (Lipinski definition) is 4. The first kappa shape index (κ1) is 15.3. The molecule has 5 nitrogen and oxygen atoms in total. The van der Waals surface area contributed by atoms with Crippen molar-refractivity contribution in [1.29, 1.82) is 0 Å². The summed E-state index contributed by atoms with van der Waals surface area (Å²) in [5, 5.41) is 18.6. The number of nitrogens with one attached hydrogen (secondary N) is 1. The number of aromatic nitrogens is 1. The van der Waals surface area contributed by atoms with Crippen LogP contribution in [0.2, 0.25) is 0 Å². The molecule has 20 heavy (non-hydrogen) atoms. The minimum absolute atomic E-state index is 0.00248. The summed E-state index contributed by atoms with van der Waals surface area (Å²) in [6, 6.07) is 1.95. The molecule has 0 bridgehead atoms. The topological polar surface area (TPSA) is 85.5 Å². The zero-order valence-corrected chi connectivity index (χ0v) is 11.9. The number of aliphatic hydroxyl groups is 2. The van der Waals surface area contributed by atoms with E-state index in [0.717, 1.165) is 5.56 Å². The van der Waals surface area contributed by atoms with Crippen LogP contribution in [0.3, 0.4) is 0 Å². The average molecular weight is 298 g/mol. The van der Waals surface area contributed by atoms with E-state index in [1.165, 1.54) is 0 Å². The molecule has 0 amide bonds. The molecule has 1 heterocycles. The summed E-state index contributed by atoms with van der Waals surface area (Å²) >= 11 is 6.10. The third-order valence-corrected chi connectivity index (χ3v) is 3.76. The van der Waals surface area contributed by atoms with Gasteiger partial charge in [0.25, 0.3) is 0 Å². The van der Waals surface area contributed by atoms with E-state index in [1.54, 1.807) is 12.2 Å². The lowest BCUT2D eigenvalue weighted by atomic mass is 9.84. The predicted octanol–water partition coefficient (Wildman–Crippen LogP) is 0.516. The molecule has 1 aromatic rings. The first-order chi connectivity index (χ1) is 9.54. The van der Waals surface area contributed by atoms with Crippen molar-refractivity contribution in [2.24, 2.45) is 5.73 Å². The maximum absolute atomic E-state index is 9.28. The van der Waals surface area contributed by atoms with Crippen molar-refractivity contribution in [3.05, 3.63) is 48.3 Å². The van der Waals surface area contributed by atoms with Crippen molar-refractivity contribution in [3.63, 3.8) is 0 Å². The molecule has 2 rings (SSSR count). The second-order valence-electron chi connectivity index (χ2n) is 4.85. The number of nitrogens with zero attached hydrogens (tertiary/aromatic N) is 1. The predicted molar refractivity (Wildman–Crippen MR) is 79.3 cm³/mol. The van der Waals surface area contributed by atoms with Gasteiger partial charge in [0.1, 0.15) is 5.00 Å². The van der Waals surface area contributed by atoms with Gasteiger partial charge in [0.05, 0.1) is 18.8 Å². The normalized spacial score (nSPS) is 29.2. The first-order valence-corrected chi connectivity index (χ1v) is 6.90. The minimum atomic E-state index is -0.996. The summed E-state index contributed by atoms with van der Waals surface area (Å²) in [5.74, 6) is 0. The highest BCUT2D eigenvalue weighted by molar-refractivity contribution is 6.26. The molecule has 6 heteroatoms. The van der Waals surface area contributed by atoms with Crippen LogP contribution in [0, 0.1) is 0 Å². The lowest BCUT2D eigenvalue weighted by Crippen LogP contribution is -2.48. The molecule has 0 saturated heterocycles. The molecule has 1 aliphatic rings. The summed E-state index contributed by atoms with van der Waals surface area (Å²) < 4.78 is 0. The highest BCUT2D eigenvalue weighted by Crippen LogP contribution is 2.36. The molecule has 0 unspecified atom stereocenters. The summed E-state index contributed by atoms with van der Waals surface area (Å²) in [6.45, 7) is 0.867. The molecule has 0 radical (unpaired) electrons. The van der Waals surface area contributed by atoms with Gasteiger partial charge in [-0.2, -0.15) is 0 Å². The van der Waals surface area contributed by atoms with Crippen molar-refractivity contribution in [3.8, 4) is 0 Å². The summed E-state index contributed by atoms with van der Waals surface area (Å²) in [5.41, 5.74) is 6.30. The molecule has 1 aliphatic carbocycles. The highest BCUT2D eigenvalue weighted by Gasteiger charge is 2.37. The minimum Gasteiger partial charge on any atom is -0.395 e. The number of aliphatic hydroxyl groups excluding tert-OH is 2. The Bertz CT molecular complexity index is 461. The van der Waals surface area contributed by atoms with Crippen LogP contribution in [-0.4, -0.2) is 51.4 Å². The molecule has 5 N–H and O–H groups in total. The van der Waals surface area contributed by atoms with Crippen LogP contribution in [-0.2, 0) is 5.54 Å². The van der Waals surface area contributed by atoms with Gasteiger partial charge in [-0.25, -0.2) is 0 Å². The van der Waals surface area contributed by atoms with Crippen LogP contribution in [0.25, 0.3) is 0 Å². The van der Waals surface area contributed by atoms with Crippen LogP contribution in [0.4, 0.5) is 0 Å². The molecule has 0 fully saturated rings. The summed E-state index contributed by atoms with van der Waals surface area (Å²) in [7, 11) is 0. The molecule has 0 aliphatic heterocycles. The quantitative estimate of drug-likeness (QED) is 0.350. The molecular formula is C14H20ClN3O2. The van der Waals surface area contributed by atoms with Gasteiger partial charge in [0.15, 0.2) is 0 Å². The number of halogens is 1. The Morgan fingerprint density at radius 3 is 2.20 bits per heavy atom. The van der Waals surface area contributed by atoms with E-state index in [0.29, 0.717) is 13.1 Å². The number of H-pyrrole nitrogens is 1. The van der Waals surface area contributed by atoms with Gasteiger partial charge in [-0.05, 0) is 23.8 Å². The number of alkyl halides is 1. The lowest BCUT2D eigenvalue weighted by molar-refractivity contribution is 0.103. The molecule has 1 aromatic heterocycles. The molecule has 0 saturated carbocycles. The molecule has 110 valence electrons. The fourth-order valence-electron chi connectivity index (χ4n) is 2.50.